The molecule has 0 saturated heterocycles. The predicted molar refractivity (Wildman–Crippen MR) is 182 cm³/mol. The van der Waals surface area contributed by atoms with Gasteiger partial charge in [0.25, 0.3) is 5.69 Å². The van der Waals surface area contributed by atoms with E-state index < -0.39 is 5.54 Å². The van der Waals surface area contributed by atoms with Crippen LogP contribution in [0.25, 0.3) is 22.2 Å². The van der Waals surface area contributed by atoms with Crippen molar-refractivity contribution >= 4 is 22.8 Å². The van der Waals surface area contributed by atoms with E-state index in [1.807, 2.05) is 108 Å². The molecule has 0 spiro atoms. The molecule has 0 fully saturated rings. The molecule has 0 unspecified atom stereocenters. The molecule has 0 aliphatic carbocycles. The Labute approximate surface area is 266 Å². The van der Waals surface area contributed by atoms with Gasteiger partial charge in [-0.05, 0) is 40.5 Å². The van der Waals surface area contributed by atoms with E-state index in [4.69, 9.17) is 5.10 Å². The van der Waals surface area contributed by atoms with Gasteiger partial charge in [0.2, 0.25) is 0 Å². The third-order valence-electron chi connectivity index (χ3n) is 8.22. The van der Waals surface area contributed by atoms with Crippen molar-refractivity contribution in [3.8, 4) is 11.3 Å². The molecule has 46 heavy (non-hydrogen) atoms. The van der Waals surface area contributed by atoms with Crippen molar-refractivity contribution < 1.29 is 4.92 Å². The number of hydrogen-bond donors (Lipinski definition) is 0. The Kier molecular flexibility index (Phi) is 7.71. The molecule has 0 atom stereocenters. The van der Waals surface area contributed by atoms with Crippen molar-refractivity contribution in [2.45, 2.75) is 12.1 Å². The second kappa shape index (κ2) is 12.4. The summed E-state index contributed by atoms with van der Waals surface area (Å²) in [6, 6.07) is 47.6. The molecule has 0 aliphatic heterocycles. The lowest BCUT2D eigenvalue weighted by molar-refractivity contribution is -0.384. The third kappa shape index (κ3) is 5.14. The van der Waals surface area contributed by atoms with Crippen molar-refractivity contribution in [3.63, 3.8) is 0 Å². The first-order chi connectivity index (χ1) is 22.7. The first-order valence-electron chi connectivity index (χ1n) is 15.0. The van der Waals surface area contributed by atoms with E-state index >= 15 is 0 Å². The van der Waals surface area contributed by atoms with Gasteiger partial charge < -0.3 is 0 Å². The minimum Gasteiger partial charge on any atom is -0.288 e. The maximum Gasteiger partial charge on any atom is 0.280 e. The summed E-state index contributed by atoms with van der Waals surface area (Å²) in [5, 5.41) is 18.8. The number of pyridine rings is 1. The van der Waals surface area contributed by atoms with Gasteiger partial charge in [0.05, 0.1) is 22.5 Å². The summed E-state index contributed by atoms with van der Waals surface area (Å²) in [4.78, 5) is 21.1. The van der Waals surface area contributed by atoms with Gasteiger partial charge in [0, 0.05) is 35.6 Å². The average Bonchev–Trinajstić information content (AvgIpc) is 3.49. The molecular weight excluding hydrogens is 570 g/mol. The van der Waals surface area contributed by atoms with Crippen molar-refractivity contribution in [1.82, 2.24) is 14.8 Å². The quantitative estimate of drug-likeness (QED) is 0.0721. The van der Waals surface area contributed by atoms with Crippen LogP contribution >= 0.6 is 0 Å². The Bertz CT molecular complexity index is 2030. The van der Waals surface area contributed by atoms with Gasteiger partial charge in [-0.1, -0.05) is 121 Å². The van der Waals surface area contributed by atoms with Crippen LogP contribution in [-0.2, 0) is 12.1 Å². The highest BCUT2D eigenvalue weighted by Gasteiger charge is 2.41. The predicted octanol–water partition coefficient (Wildman–Crippen LogP) is 8.47. The third-order valence-corrected chi connectivity index (χ3v) is 8.22. The van der Waals surface area contributed by atoms with Crippen LogP contribution in [0.15, 0.2) is 163 Å². The van der Waals surface area contributed by atoms with E-state index in [1.165, 1.54) is 0 Å². The molecule has 7 heteroatoms. The molecule has 0 radical (unpaired) electrons. The van der Waals surface area contributed by atoms with Gasteiger partial charge in [-0.15, -0.1) is 0 Å². The summed E-state index contributed by atoms with van der Waals surface area (Å²) in [5.41, 5.74) is 5.48. The minimum atomic E-state index is -0.968. The first kappa shape index (κ1) is 28.6. The lowest BCUT2D eigenvalue weighted by Gasteiger charge is -2.37. The van der Waals surface area contributed by atoms with Crippen LogP contribution < -0.4 is 0 Å². The zero-order chi connectivity index (χ0) is 31.3. The van der Waals surface area contributed by atoms with Crippen LogP contribution in [0, 0.1) is 10.1 Å². The molecule has 7 rings (SSSR count). The van der Waals surface area contributed by atoms with Crippen LogP contribution in [0.5, 0.6) is 0 Å². The maximum absolute atomic E-state index is 12.7. The van der Waals surface area contributed by atoms with Gasteiger partial charge in [-0.25, -0.2) is 4.68 Å². The van der Waals surface area contributed by atoms with E-state index in [0.29, 0.717) is 23.3 Å². The largest absolute Gasteiger partial charge is 0.288 e. The molecule has 7 nitrogen and oxygen atoms in total. The zero-order valence-electron chi connectivity index (χ0n) is 24.8. The van der Waals surface area contributed by atoms with E-state index in [1.54, 1.807) is 24.7 Å². The lowest BCUT2D eigenvalue weighted by Crippen LogP contribution is -2.38. The number of nitro groups is 1. The van der Waals surface area contributed by atoms with Crippen LogP contribution in [0.2, 0.25) is 0 Å². The van der Waals surface area contributed by atoms with Gasteiger partial charge in [0.1, 0.15) is 11.2 Å². The monoisotopic (exact) mass is 599 g/mol. The first-order valence-corrected chi connectivity index (χ1v) is 15.0. The number of nitrogens with zero attached hydrogens (tertiary/aromatic N) is 5. The molecule has 7 aromatic rings. The van der Waals surface area contributed by atoms with Crippen LogP contribution in [0.1, 0.15) is 27.8 Å². The van der Waals surface area contributed by atoms with Crippen molar-refractivity contribution in [2.24, 2.45) is 4.99 Å². The molecule has 0 bridgehead atoms. The Hall–Kier alpha value is -6.21. The highest BCUT2D eigenvalue weighted by Crippen LogP contribution is 2.44. The Balaban J connectivity index is 1.57. The highest BCUT2D eigenvalue weighted by atomic mass is 16.6. The zero-order valence-corrected chi connectivity index (χ0v) is 24.8. The molecule has 0 amide bonds. The number of aromatic nitrogens is 3. The molecule has 0 saturated carbocycles. The van der Waals surface area contributed by atoms with E-state index in [2.05, 4.69) is 46.4 Å². The summed E-state index contributed by atoms with van der Waals surface area (Å²) in [6.07, 6.45) is 5.05. The molecule has 0 aliphatic rings. The summed E-state index contributed by atoms with van der Waals surface area (Å²) in [7, 11) is 0. The number of hydrogen-bond acceptors (Lipinski definition) is 5. The van der Waals surface area contributed by atoms with Crippen molar-refractivity contribution in [3.05, 3.63) is 196 Å². The fraction of sp³-hybridized carbons (Fsp3) is 0.0513. The smallest absolute Gasteiger partial charge is 0.280 e. The second-order valence-electron chi connectivity index (χ2n) is 10.9. The number of aliphatic imine (C=N–C) groups is 1. The summed E-state index contributed by atoms with van der Waals surface area (Å²) in [5.74, 6) is 0. The number of nitro benzene ring substituents is 1. The van der Waals surface area contributed by atoms with Gasteiger partial charge >= 0.3 is 0 Å². The van der Waals surface area contributed by atoms with E-state index in [9.17, 15) is 10.1 Å². The fourth-order valence-electron chi connectivity index (χ4n) is 6.14. The van der Waals surface area contributed by atoms with Crippen molar-refractivity contribution in [2.75, 3.05) is 0 Å². The normalized spacial score (nSPS) is 11.7. The minimum absolute atomic E-state index is 0.0465. The Morgan fingerprint density at radius 1 is 0.717 bits per heavy atom. The Morgan fingerprint density at radius 3 is 1.76 bits per heavy atom. The standard InChI is InChI=1S/C39H29N5O2/c45-44(46)36-26-37-35(25-31(36)28-41-27-29-13-5-1-6-14-29)38(30-21-23-40-24-22-30)42-43(37)39(32-15-7-2-8-16-32,33-17-9-3-10-18-33)34-19-11-4-12-20-34/h1-26,28H,27H2/b41-28+. The van der Waals surface area contributed by atoms with Crippen molar-refractivity contribution in [1.29, 1.82) is 0 Å². The van der Waals surface area contributed by atoms with Gasteiger partial charge in [-0.3, -0.25) is 20.1 Å². The SMILES string of the molecule is O=[N+]([O-])c1cc2c(cc1/C=N/Cc1ccccc1)c(-c1ccncc1)nn2C(c1ccccc1)(c1ccccc1)c1ccccc1. The molecule has 222 valence electrons. The van der Waals surface area contributed by atoms with Crippen LogP contribution in [-0.4, -0.2) is 25.9 Å². The molecule has 2 heterocycles. The van der Waals surface area contributed by atoms with E-state index in [-0.39, 0.29) is 10.6 Å². The average molecular weight is 600 g/mol. The van der Waals surface area contributed by atoms with Crippen LogP contribution in [0.4, 0.5) is 5.69 Å². The maximum atomic E-state index is 12.7. The number of fused-ring (bicyclic) bond motifs is 1. The number of benzene rings is 5. The van der Waals surface area contributed by atoms with Crippen LogP contribution in [0.3, 0.4) is 0 Å². The summed E-state index contributed by atoms with van der Waals surface area (Å²) < 4.78 is 1.95. The van der Waals surface area contributed by atoms with Gasteiger partial charge in [0.15, 0.2) is 0 Å². The van der Waals surface area contributed by atoms with Gasteiger partial charge in [-0.2, -0.15) is 5.10 Å². The van der Waals surface area contributed by atoms with E-state index in [0.717, 1.165) is 33.2 Å². The summed E-state index contributed by atoms with van der Waals surface area (Å²) in [6.45, 7) is 0.408. The number of rotatable bonds is 9. The lowest BCUT2D eigenvalue weighted by atomic mass is 9.77. The molecular formula is C39H29N5O2. The topological polar surface area (TPSA) is 86.2 Å². The Morgan fingerprint density at radius 2 is 1.24 bits per heavy atom. The summed E-state index contributed by atoms with van der Waals surface area (Å²) >= 11 is 0. The molecule has 0 N–H and O–H groups in total. The highest BCUT2D eigenvalue weighted by molar-refractivity contribution is 6.00. The molecule has 2 aromatic heterocycles. The molecule has 5 aromatic carbocycles. The fourth-order valence-corrected chi connectivity index (χ4v) is 6.14. The second-order valence-corrected chi connectivity index (χ2v) is 10.9.